The number of aromatic hydroxyl groups is 1. The second-order valence-electron chi connectivity index (χ2n) is 5.69. The monoisotopic (exact) mass is 334 g/mol. The minimum Gasteiger partial charge on any atom is -0.505 e. The summed E-state index contributed by atoms with van der Waals surface area (Å²) in [5.74, 6) is 0.561. The Kier molecular flexibility index (Phi) is 4.66. The Morgan fingerprint density at radius 1 is 1.08 bits per heavy atom. The Labute approximate surface area is 145 Å². The first-order chi connectivity index (χ1) is 12.0. The first-order valence-electron chi connectivity index (χ1n) is 7.84. The minimum absolute atomic E-state index is 0.0228. The third kappa shape index (κ3) is 3.77. The standard InChI is InChI=1S/C20H18N2O3/c1-13-6-5-7-15(12-13)25-17-9-4-3-8-16(17)22-20(24)18-19(23)14(2)10-11-21-18/h3-12,23H,1-2H3,(H,22,24). The van der Waals surface area contributed by atoms with Crippen molar-refractivity contribution < 1.29 is 14.6 Å². The summed E-state index contributed by atoms with van der Waals surface area (Å²) in [7, 11) is 0. The van der Waals surface area contributed by atoms with Gasteiger partial charge in [-0.1, -0.05) is 24.3 Å². The Hall–Kier alpha value is -3.34. The molecule has 0 aliphatic carbocycles. The van der Waals surface area contributed by atoms with Gasteiger partial charge >= 0.3 is 0 Å². The van der Waals surface area contributed by atoms with Crippen LogP contribution in [0.1, 0.15) is 21.6 Å². The normalized spacial score (nSPS) is 10.3. The third-order valence-corrected chi connectivity index (χ3v) is 3.69. The number of aromatic nitrogens is 1. The van der Waals surface area contributed by atoms with Crippen molar-refractivity contribution in [3.8, 4) is 17.2 Å². The molecule has 1 heterocycles. The summed E-state index contributed by atoms with van der Waals surface area (Å²) in [5.41, 5.74) is 2.14. The number of hydrogen-bond acceptors (Lipinski definition) is 4. The average molecular weight is 334 g/mol. The zero-order valence-corrected chi connectivity index (χ0v) is 14.0. The number of nitrogens with zero attached hydrogens (tertiary/aromatic N) is 1. The summed E-state index contributed by atoms with van der Waals surface area (Å²) < 4.78 is 5.88. The molecule has 0 atom stereocenters. The fourth-order valence-electron chi connectivity index (χ4n) is 2.36. The summed E-state index contributed by atoms with van der Waals surface area (Å²) in [5, 5.41) is 12.8. The molecule has 0 aliphatic rings. The Balaban J connectivity index is 1.86. The highest BCUT2D eigenvalue weighted by molar-refractivity contribution is 6.05. The molecule has 3 aromatic rings. The Morgan fingerprint density at radius 3 is 2.68 bits per heavy atom. The SMILES string of the molecule is Cc1cccc(Oc2ccccc2NC(=O)c2nccc(C)c2O)c1. The van der Waals surface area contributed by atoms with Crippen molar-refractivity contribution in [1.29, 1.82) is 0 Å². The van der Waals surface area contributed by atoms with E-state index < -0.39 is 5.91 Å². The fourth-order valence-corrected chi connectivity index (χ4v) is 2.36. The second-order valence-corrected chi connectivity index (χ2v) is 5.69. The smallest absolute Gasteiger partial charge is 0.278 e. The van der Waals surface area contributed by atoms with Crippen LogP contribution < -0.4 is 10.1 Å². The van der Waals surface area contributed by atoms with E-state index in [1.165, 1.54) is 6.20 Å². The van der Waals surface area contributed by atoms with Crippen molar-refractivity contribution in [2.24, 2.45) is 0 Å². The maximum atomic E-state index is 12.5. The lowest BCUT2D eigenvalue weighted by molar-refractivity contribution is 0.101. The van der Waals surface area contributed by atoms with Crippen molar-refractivity contribution in [2.75, 3.05) is 5.32 Å². The average Bonchev–Trinajstić information content (AvgIpc) is 2.59. The van der Waals surface area contributed by atoms with Crippen molar-refractivity contribution >= 4 is 11.6 Å². The zero-order valence-electron chi connectivity index (χ0n) is 14.0. The molecule has 2 N–H and O–H groups in total. The molecule has 5 nitrogen and oxygen atoms in total. The predicted molar refractivity (Wildman–Crippen MR) is 96.3 cm³/mol. The van der Waals surface area contributed by atoms with Gasteiger partial charge in [0.1, 0.15) is 11.5 Å². The van der Waals surface area contributed by atoms with Crippen molar-refractivity contribution in [3.05, 3.63) is 77.6 Å². The first-order valence-corrected chi connectivity index (χ1v) is 7.84. The van der Waals surface area contributed by atoms with Crippen LogP contribution in [0.4, 0.5) is 5.69 Å². The topological polar surface area (TPSA) is 71.5 Å². The maximum Gasteiger partial charge on any atom is 0.278 e. The van der Waals surface area contributed by atoms with Gasteiger partial charge in [0.2, 0.25) is 0 Å². The van der Waals surface area contributed by atoms with Crippen LogP contribution in [0.15, 0.2) is 60.8 Å². The van der Waals surface area contributed by atoms with E-state index in [0.717, 1.165) is 5.56 Å². The van der Waals surface area contributed by atoms with Crippen molar-refractivity contribution in [2.45, 2.75) is 13.8 Å². The molecule has 0 aliphatic heterocycles. The molecule has 0 fully saturated rings. The number of para-hydroxylation sites is 2. The number of carbonyl (C=O) groups excluding carboxylic acids is 1. The lowest BCUT2D eigenvalue weighted by Crippen LogP contribution is -2.14. The number of rotatable bonds is 4. The first kappa shape index (κ1) is 16.5. The van der Waals surface area contributed by atoms with Gasteiger partial charge < -0.3 is 15.2 Å². The Morgan fingerprint density at radius 2 is 1.88 bits per heavy atom. The number of hydrogen-bond donors (Lipinski definition) is 2. The zero-order chi connectivity index (χ0) is 17.8. The van der Waals surface area contributed by atoms with Crippen LogP contribution in [0.25, 0.3) is 0 Å². The van der Waals surface area contributed by atoms with E-state index in [0.29, 0.717) is 22.7 Å². The summed E-state index contributed by atoms with van der Waals surface area (Å²) in [6.07, 6.45) is 1.49. The molecule has 3 rings (SSSR count). The molecule has 126 valence electrons. The van der Waals surface area contributed by atoms with Gasteiger partial charge in [-0.15, -0.1) is 0 Å². The fraction of sp³-hybridized carbons (Fsp3) is 0.100. The molecule has 0 spiro atoms. The number of benzene rings is 2. The highest BCUT2D eigenvalue weighted by Crippen LogP contribution is 2.30. The summed E-state index contributed by atoms with van der Waals surface area (Å²) >= 11 is 0. The number of carbonyl (C=O) groups is 1. The molecule has 1 amide bonds. The van der Waals surface area contributed by atoms with Crippen molar-refractivity contribution in [3.63, 3.8) is 0 Å². The quantitative estimate of drug-likeness (QED) is 0.739. The molecule has 0 saturated heterocycles. The van der Waals surface area contributed by atoms with Gasteiger partial charge in [-0.3, -0.25) is 4.79 Å². The second kappa shape index (κ2) is 7.05. The lowest BCUT2D eigenvalue weighted by atomic mass is 10.2. The van der Waals surface area contributed by atoms with Gasteiger partial charge in [0, 0.05) is 6.20 Å². The number of pyridine rings is 1. The minimum atomic E-state index is -0.499. The number of amides is 1. The molecule has 0 radical (unpaired) electrons. The van der Waals surface area contributed by atoms with Crippen LogP contribution in [0.5, 0.6) is 17.2 Å². The highest BCUT2D eigenvalue weighted by Gasteiger charge is 2.16. The van der Waals surface area contributed by atoms with Gasteiger partial charge in [0.25, 0.3) is 5.91 Å². The predicted octanol–water partition coefficient (Wildman–Crippen LogP) is 4.45. The van der Waals surface area contributed by atoms with Crippen LogP contribution >= 0.6 is 0 Å². The largest absolute Gasteiger partial charge is 0.505 e. The summed E-state index contributed by atoms with van der Waals surface area (Å²) in [6.45, 7) is 3.69. The molecule has 5 heteroatoms. The summed E-state index contributed by atoms with van der Waals surface area (Å²) in [4.78, 5) is 16.4. The van der Waals surface area contributed by atoms with Gasteiger partial charge in [-0.2, -0.15) is 0 Å². The van der Waals surface area contributed by atoms with Crippen LogP contribution in [-0.4, -0.2) is 16.0 Å². The van der Waals surface area contributed by atoms with E-state index in [1.54, 1.807) is 31.2 Å². The summed E-state index contributed by atoms with van der Waals surface area (Å²) in [6, 6.07) is 16.4. The highest BCUT2D eigenvalue weighted by atomic mass is 16.5. The number of aryl methyl sites for hydroxylation is 2. The number of anilines is 1. The molecule has 1 aromatic heterocycles. The van der Waals surface area contributed by atoms with Crippen LogP contribution in [0.2, 0.25) is 0 Å². The van der Waals surface area contributed by atoms with Gasteiger partial charge in [-0.05, 0) is 55.3 Å². The Bertz CT molecular complexity index is 922. The third-order valence-electron chi connectivity index (χ3n) is 3.69. The van der Waals surface area contributed by atoms with E-state index in [1.807, 2.05) is 37.3 Å². The van der Waals surface area contributed by atoms with Gasteiger partial charge in [0.15, 0.2) is 11.4 Å². The van der Waals surface area contributed by atoms with E-state index in [-0.39, 0.29) is 11.4 Å². The van der Waals surface area contributed by atoms with Gasteiger partial charge in [0.05, 0.1) is 5.69 Å². The number of ether oxygens (including phenoxy) is 1. The van der Waals surface area contributed by atoms with E-state index >= 15 is 0 Å². The van der Waals surface area contributed by atoms with E-state index in [2.05, 4.69) is 10.3 Å². The molecule has 2 aromatic carbocycles. The lowest BCUT2D eigenvalue weighted by Gasteiger charge is -2.13. The van der Waals surface area contributed by atoms with Gasteiger partial charge in [-0.25, -0.2) is 4.98 Å². The van der Waals surface area contributed by atoms with Crippen LogP contribution in [0.3, 0.4) is 0 Å². The molecule has 0 unspecified atom stereocenters. The number of nitrogens with one attached hydrogen (secondary N) is 1. The maximum absolute atomic E-state index is 12.5. The molecule has 0 bridgehead atoms. The molecular formula is C20H18N2O3. The molecule has 25 heavy (non-hydrogen) atoms. The van der Waals surface area contributed by atoms with E-state index in [9.17, 15) is 9.90 Å². The van der Waals surface area contributed by atoms with Crippen LogP contribution in [0, 0.1) is 13.8 Å². The van der Waals surface area contributed by atoms with E-state index in [4.69, 9.17) is 4.74 Å². The van der Waals surface area contributed by atoms with Crippen molar-refractivity contribution in [1.82, 2.24) is 4.98 Å². The molecule has 0 saturated carbocycles. The molecular weight excluding hydrogens is 316 g/mol. The van der Waals surface area contributed by atoms with Crippen LogP contribution in [-0.2, 0) is 0 Å².